The Morgan fingerprint density at radius 3 is 2.70 bits per heavy atom. The van der Waals surface area contributed by atoms with Gasteiger partial charge in [0.05, 0.1) is 12.3 Å². The number of hydrogen-bond donors (Lipinski definition) is 0. The van der Waals surface area contributed by atoms with Gasteiger partial charge in [-0.15, -0.1) is 0 Å². The van der Waals surface area contributed by atoms with Crippen LogP contribution in [0.4, 0.5) is 5.69 Å². The molecule has 0 fully saturated rings. The number of para-hydroxylation sites is 1. The Balaban J connectivity index is 2.50. The van der Waals surface area contributed by atoms with Crippen LogP contribution in [-0.2, 0) is 19.1 Å². The van der Waals surface area contributed by atoms with Crippen LogP contribution in [0.3, 0.4) is 0 Å². The minimum absolute atomic E-state index is 0.248. The van der Waals surface area contributed by atoms with Gasteiger partial charge in [0.15, 0.2) is 6.04 Å². The smallest absolute Gasteiger partial charge is 0.332 e. The molecule has 106 valence electrons. The molecular formula is C15H17NO4. The zero-order valence-corrected chi connectivity index (χ0v) is 11.5. The number of benzene rings is 1. The van der Waals surface area contributed by atoms with Gasteiger partial charge in [0.25, 0.3) is 5.91 Å². The molecule has 1 heterocycles. The highest BCUT2D eigenvalue weighted by Crippen LogP contribution is 2.41. The fraction of sp³-hybridized carbons (Fsp3) is 0.333. The number of carbonyl (C=O) groups excluding carboxylic acids is 2. The van der Waals surface area contributed by atoms with Crippen LogP contribution in [0.5, 0.6) is 0 Å². The maximum atomic E-state index is 12.2. The zero-order valence-electron chi connectivity index (χ0n) is 11.5. The lowest BCUT2D eigenvalue weighted by atomic mass is 10.1. The topological polar surface area (TPSA) is 55.8 Å². The number of rotatable bonds is 4. The first-order chi connectivity index (χ1) is 9.65. The van der Waals surface area contributed by atoms with Crippen molar-refractivity contribution in [1.82, 2.24) is 0 Å². The van der Waals surface area contributed by atoms with E-state index < -0.39 is 18.1 Å². The van der Waals surface area contributed by atoms with Gasteiger partial charge < -0.3 is 9.47 Å². The SMILES string of the molecule is C=CC(=O)N1c2ccccc2C(OC)C1C(=O)OCC. The van der Waals surface area contributed by atoms with Crippen LogP contribution in [0.25, 0.3) is 0 Å². The van der Waals surface area contributed by atoms with E-state index in [0.29, 0.717) is 5.69 Å². The first-order valence-electron chi connectivity index (χ1n) is 6.39. The molecule has 1 amide bonds. The van der Waals surface area contributed by atoms with Crippen LogP contribution < -0.4 is 4.90 Å². The summed E-state index contributed by atoms with van der Waals surface area (Å²) in [5.41, 5.74) is 1.45. The van der Waals surface area contributed by atoms with E-state index in [-0.39, 0.29) is 12.5 Å². The van der Waals surface area contributed by atoms with Gasteiger partial charge in [-0.1, -0.05) is 24.8 Å². The molecule has 0 bridgehead atoms. The van der Waals surface area contributed by atoms with Crippen LogP contribution >= 0.6 is 0 Å². The van der Waals surface area contributed by atoms with Crippen molar-refractivity contribution in [1.29, 1.82) is 0 Å². The van der Waals surface area contributed by atoms with E-state index in [1.807, 2.05) is 18.2 Å². The van der Waals surface area contributed by atoms with E-state index in [4.69, 9.17) is 9.47 Å². The summed E-state index contributed by atoms with van der Waals surface area (Å²) >= 11 is 0. The number of fused-ring (bicyclic) bond motifs is 1. The molecule has 0 aromatic heterocycles. The number of nitrogens with zero attached hydrogens (tertiary/aromatic N) is 1. The Morgan fingerprint density at radius 2 is 2.10 bits per heavy atom. The van der Waals surface area contributed by atoms with Gasteiger partial charge in [0.1, 0.15) is 6.10 Å². The quantitative estimate of drug-likeness (QED) is 0.621. The van der Waals surface area contributed by atoms with Crippen LogP contribution in [0.1, 0.15) is 18.6 Å². The molecule has 0 spiro atoms. The fourth-order valence-electron chi connectivity index (χ4n) is 2.47. The monoisotopic (exact) mass is 275 g/mol. The maximum Gasteiger partial charge on any atom is 0.332 e. The molecule has 5 heteroatoms. The molecule has 0 N–H and O–H groups in total. The van der Waals surface area contributed by atoms with Crippen LogP contribution in [-0.4, -0.2) is 31.6 Å². The van der Waals surface area contributed by atoms with E-state index in [1.54, 1.807) is 13.0 Å². The Hall–Kier alpha value is -2.14. The Bertz CT molecular complexity index is 540. The van der Waals surface area contributed by atoms with Crippen molar-refractivity contribution in [2.45, 2.75) is 19.1 Å². The third-order valence-electron chi connectivity index (χ3n) is 3.26. The molecule has 1 aromatic carbocycles. The lowest BCUT2D eigenvalue weighted by molar-refractivity contribution is -0.148. The van der Waals surface area contributed by atoms with Crippen molar-refractivity contribution >= 4 is 17.6 Å². The summed E-state index contributed by atoms with van der Waals surface area (Å²) in [5, 5.41) is 0. The minimum Gasteiger partial charge on any atom is -0.464 e. The van der Waals surface area contributed by atoms with Crippen molar-refractivity contribution in [3.8, 4) is 0 Å². The molecule has 0 radical (unpaired) electrons. The van der Waals surface area contributed by atoms with E-state index in [2.05, 4.69) is 6.58 Å². The molecule has 2 unspecified atom stereocenters. The molecule has 20 heavy (non-hydrogen) atoms. The third-order valence-corrected chi connectivity index (χ3v) is 3.26. The molecule has 5 nitrogen and oxygen atoms in total. The average molecular weight is 275 g/mol. The third kappa shape index (κ3) is 2.20. The summed E-state index contributed by atoms with van der Waals surface area (Å²) in [7, 11) is 1.51. The molecule has 0 aliphatic carbocycles. The second kappa shape index (κ2) is 5.88. The first kappa shape index (κ1) is 14.3. The van der Waals surface area contributed by atoms with Gasteiger partial charge in [0, 0.05) is 12.7 Å². The highest BCUT2D eigenvalue weighted by molar-refractivity contribution is 6.07. The molecule has 2 atom stereocenters. The van der Waals surface area contributed by atoms with Gasteiger partial charge in [-0.2, -0.15) is 0 Å². The van der Waals surface area contributed by atoms with Gasteiger partial charge in [-0.25, -0.2) is 4.79 Å². The molecule has 1 aromatic rings. The molecule has 1 aliphatic rings. The maximum absolute atomic E-state index is 12.2. The summed E-state index contributed by atoms with van der Waals surface area (Å²) in [6.45, 7) is 5.46. The van der Waals surface area contributed by atoms with Gasteiger partial charge in [0.2, 0.25) is 0 Å². The largest absolute Gasteiger partial charge is 0.464 e. The summed E-state index contributed by atoms with van der Waals surface area (Å²) in [5.74, 6) is -0.833. The van der Waals surface area contributed by atoms with E-state index in [0.717, 1.165) is 5.56 Å². The number of methoxy groups -OCH3 is 1. The van der Waals surface area contributed by atoms with E-state index in [1.165, 1.54) is 18.1 Å². The Labute approximate surface area is 117 Å². The van der Waals surface area contributed by atoms with Crippen LogP contribution in [0.15, 0.2) is 36.9 Å². The molecular weight excluding hydrogens is 258 g/mol. The lowest BCUT2D eigenvalue weighted by Crippen LogP contribution is -2.45. The zero-order chi connectivity index (χ0) is 14.7. The summed E-state index contributed by atoms with van der Waals surface area (Å²) in [6.07, 6.45) is 0.648. The standard InChI is InChI=1S/C15H17NO4/c1-4-12(17)16-11-9-7-6-8-10(11)14(19-3)13(16)15(18)20-5-2/h4,6-9,13-14H,1,5H2,2-3H3. The molecule has 2 rings (SSSR count). The number of carbonyl (C=O) groups is 2. The number of esters is 1. The second-order valence-electron chi connectivity index (χ2n) is 4.32. The van der Waals surface area contributed by atoms with Gasteiger partial charge >= 0.3 is 5.97 Å². The molecule has 0 saturated carbocycles. The lowest BCUT2D eigenvalue weighted by Gasteiger charge is -2.25. The second-order valence-corrected chi connectivity index (χ2v) is 4.32. The Kier molecular flexibility index (Phi) is 4.20. The van der Waals surface area contributed by atoms with Crippen molar-refractivity contribution < 1.29 is 19.1 Å². The normalized spacial score (nSPS) is 20.4. The summed E-state index contributed by atoms with van der Waals surface area (Å²) < 4.78 is 10.5. The summed E-state index contributed by atoms with van der Waals surface area (Å²) in [4.78, 5) is 25.7. The number of hydrogen-bond acceptors (Lipinski definition) is 4. The predicted octanol–water partition coefficient (Wildman–Crippen LogP) is 1.84. The van der Waals surface area contributed by atoms with Crippen molar-refractivity contribution in [3.63, 3.8) is 0 Å². The predicted molar refractivity (Wildman–Crippen MR) is 74.3 cm³/mol. The van der Waals surface area contributed by atoms with Crippen LogP contribution in [0.2, 0.25) is 0 Å². The molecule has 0 saturated heterocycles. The van der Waals surface area contributed by atoms with Crippen molar-refractivity contribution in [2.75, 3.05) is 18.6 Å². The van der Waals surface area contributed by atoms with Crippen molar-refractivity contribution in [2.24, 2.45) is 0 Å². The number of amides is 1. The fourth-order valence-corrected chi connectivity index (χ4v) is 2.47. The summed E-state index contributed by atoms with van der Waals surface area (Å²) in [6, 6.07) is 6.45. The Morgan fingerprint density at radius 1 is 1.40 bits per heavy atom. The van der Waals surface area contributed by atoms with E-state index >= 15 is 0 Å². The number of anilines is 1. The first-order valence-corrected chi connectivity index (χ1v) is 6.39. The van der Waals surface area contributed by atoms with E-state index in [9.17, 15) is 9.59 Å². The highest BCUT2D eigenvalue weighted by atomic mass is 16.5. The van der Waals surface area contributed by atoms with Crippen LogP contribution in [0, 0.1) is 0 Å². The highest BCUT2D eigenvalue weighted by Gasteiger charge is 2.46. The minimum atomic E-state index is -0.817. The van der Waals surface area contributed by atoms with Gasteiger partial charge in [-0.05, 0) is 19.1 Å². The molecule has 1 aliphatic heterocycles. The van der Waals surface area contributed by atoms with Gasteiger partial charge in [-0.3, -0.25) is 9.69 Å². The van der Waals surface area contributed by atoms with Crippen molar-refractivity contribution in [3.05, 3.63) is 42.5 Å². The average Bonchev–Trinajstić information content (AvgIpc) is 2.81. The number of ether oxygens (including phenoxy) is 2.